The number of hydrogen-bond donors (Lipinski definition) is 3. The van der Waals surface area contributed by atoms with Gasteiger partial charge in [0.15, 0.2) is 5.60 Å². The second kappa shape index (κ2) is 15.9. The molecule has 12 heteroatoms. The van der Waals surface area contributed by atoms with Crippen LogP contribution in [0.15, 0.2) is 0 Å². The molecule has 0 fully saturated rings. The number of carboxylic acids is 2. The summed E-state index contributed by atoms with van der Waals surface area (Å²) in [6.07, 6.45) is -2.29. The molecule has 0 aliphatic rings. The molecular formula is C8H14Na4O8. The molecule has 0 aliphatic heterocycles. The van der Waals surface area contributed by atoms with E-state index in [1.54, 1.807) is 0 Å². The summed E-state index contributed by atoms with van der Waals surface area (Å²) in [5, 5.41) is 26.3. The Kier molecular flexibility index (Phi) is 26.7. The SMILES string of the molecule is CC(=O)OC(=O)CC(O)(CC(=O)O)C(=O)O.[NaH].[NaH].[NaH].[NaH]. The van der Waals surface area contributed by atoms with Crippen molar-refractivity contribution in [3.05, 3.63) is 0 Å². The average molecular weight is 330 g/mol. The molecule has 0 rings (SSSR count). The number of aliphatic carboxylic acids is 2. The van der Waals surface area contributed by atoms with Crippen molar-refractivity contribution in [1.82, 2.24) is 0 Å². The van der Waals surface area contributed by atoms with Crippen LogP contribution in [0.3, 0.4) is 0 Å². The van der Waals surface area contributed by atoms with Crippen LogP contribution in [0, 0.1) is 0 Å². The maximum atomic E-state index is 10.9. The molecule has 0 aromatic heterocycles. The van der Waals surface area contributed by atoms with Crippen molar-refractivity contribution in [2.75, 3.05) is 0 Å². The zero-order valence-electron chi connectivity index (χ0n) is 8.30. The van der Waals surface area contributed by atoms with E-state index in [0.717, 1.165) is 6.92 Å². The molecule has 0 spiro atoms. The first kappa shape index (κ1) is 33.6. The van der Waals surface area contributed by atoms with Gasteiger partial charge >= 0.3 is 142 Å². The van der Waals surface area contributed by atoms with Gasteiger partial charge in [-0.2, -0.15) is 0 Å². The van der Waals surface area contributed by atoms with Gasteiger partial charge in [-0.05, 0) is 0 Å². The van der Waals surface area contributed by atoms with Crippen LogP contribution in [-0.2, 0) is 23.9 Å². The van der Waals surface area contributed by atoms with Crippen molar-refractivity contribution < 1.29 is 39.2 Å². The summed E-state index contributed by atoms with van der Waals surface area (Å²) >= 11 is 0. The van der Waals surface area contributed by atoms with Gasteiger partial charge in [-0.15, -0.1) is 0 Å². The number of aliphatic hydroxyl groups is 1. The van der Waals surface area contributed by atoms with Gasteiger partial charge in [0.05, 0.1) is 12.8 Å². The molecule has 1 atom stereocenters. The van der Waals surface area contributed by atoms with Gasteiger partial charge in [0, 0.05) is 6.92 Å². The summed E-state index contributed by atoms with van der Waals surface area (Å²) in [6.45, 7) is 0.912. The predicted octanol–water partition coefficient (Wildman–Crippen LogP) is -3.84. The molecule has 0 aromatic rings. The molecule has 0 radical (unpaired) electrons. The van der Waals surface area contributed by atoms with E-state index in [0.29, 0.717) is 0 Å². The molecule has 8 nitrogen and oxygen atoms in total. The van der Waals surface area contributed by atoms with Gasteiger partial charge in [-0.3, -0.25) is 14.4 Å². The first-order valence-electron chi connectivity index (χ1n) is 4.06. The Labute approximate surface area is 203 Å². The van der Waals surface area contributed by atoms with Gasteiger partial charge in [-0.1, -0.05) is 0 Å². The molecule has 3 N–H and O–H groups in total. The molecule has 98 valence electrons. The first-order chi connectivity index (χ1) is 7.17. The molecule has 0 aromatic carbocycles. The van der Waals surface area contributed by atoms with Crippen molar-refractivity contribution in [1.29, 1.82) is 0 Å². The van der Waals surface area contributed by atoms with Gasteiger partial charge in [0.25, 0.3) is 0 Å². The Hall–Kier alpha value is 2.04. The Morgan fingerprint density at radius 1 is 0.950 bits per heavy atom. The number of carbonyl (C=O) groups excluding carboxylic acids is 2. The molecule has 20 heavy (non-hydrogen) atoms. The third-order valence-electron chi connectivity index (χ3n) is 1.54. The monoisotopic (exact) mass is 330 g/mol. The summed E-state index contributed by atoms with van der Waals surface area (Å²) in [5.41, 5.74) is -2.78. The quantitative estimate of drug-likeness (QED) is 0.265. The van der Waals surface area contributed by atoms with Crippen LogP contribution in [0.5, 0.6) is 0 Å². The Morgan fingerprint density at radius 2 is 1.35 bits per heavy atom. The van der Waals surface area contributed by atoms with E-state index < -0.39 is 42.3 Å². The van der Waals surface area contributed by atoms with E-state index in [4.69, 9.17) is 10.2 Å². The minimum absolute atomic E-state index is 0. The third-order valence-corrected chi connectivity index (χ3v) is 1.54. The van der Waals surface area contributed by atoms with Crippen LogP contribution >= 0.6 is 0 Å². The second-order valence-corrected chi connectivity index (χ2v) is 3.05. The fraction of sp³-hybridized carbons (Fsp3) is 0.500. The van der Waals surface area contributed by atoms with Gasteiger partial charge < -0.3 is 20.1 Å². The van der Waals surface area contributed by atoms with Crippen LogP contribution in [0.2, 0.25) is 0 Å². The fourth-order valence-electron chi connectivity index (χ4n) is 0.899. The number of hydrogen-bond acceptors (Lipinski definition) is 6. The first-order valence-corrected chi connectivity index (χ1v) is 4.06. The topological polar surface area (TPSA) is 138 Å². The Bertz CT molecular complexity index is 347. The Balaban J connectivity index is -0.000000187. The van der Waals surface area contributed by atoms with Crippen LogP contribution < -0.4 is 0 Å². The standard InChI is InChI=1S/C8H10O8.4Na.4H/c1-4(9)16-6(12)3-8(15,7(13)14)2-5(10)11;;;;;;;;/h15H,2-3H2,1H3,(H,10,11)(H,13,14);;;;;;;;. The van der Waals surface area contributed by atoms with Gasteiger partial charge in [-0.25, -0.2) is 4.79 Å². The van der Waals surface area contributed by atoms with Crippen molar-refractivity contribution >= 4 is 142 Å². The van der Waals surface area contributed by atoms with Crippen molar-refractivity contribution in [3.8, 4) is 0 Å². The van der Waals surface area contributed by atoms with Crippen LogP contribution in [-0.4, -0.2) is 163 Å². The van der Waals surface area contributed by atoms with E-state index in [9.17, 15) is 24.3 Å². The molecule has 0 amide bonds. The summed E-state index contributed by atoms with van der Waals surface area (Å²) in [4.78, 5) is 42.1. The van der Waals surface area contributed by atoms with Crippen molar-refractivity contribution in [2.24, 2.45) is 0 Å². The zero-order chi connectivity index (χ0) is 12.9. The molecule has 0 saturated heterocycles. The van der Waals surface area contributed by atoms with Crippen molar-refractivity contribution in [3.63, 3.8) is 0 Å². The van der Waals surface area contributed by atoms with Crippen molar-refractivity contribution in [2.45, 2.75) is 25.4 Å². The summed E-state index contributed by atoms with van der Waals surface area (Å²) < 4.78 is 3.98. The van der Waals surface area contributed by atoms with E-state index in [2.05, 4.69) is 4.74 Å². The molecule has 0 aliphatic carbocycles. The van der Waals surface area contributed by atoms with Gasteiger partial charge in [0.1, 0.15) is 0 Å². The van der Waals surface area contributed by atoms with Crippen LogP contribution in [0.1, 0.15) is 19.8 Å². The maximum absolute atomic E-state index is 10.9. The van der Waals surface area contributed by atoms with E-state index >= 15 is 0 Å². The molecule has 0 bridgehead atoms. The van der Waals surface area contributed by atoms with E-state index in [1.165, 1.54) is 0 Å². The predicted molar refractivity (Wildman–Crippen MR) is 74.8 cm³/mol. The summed E-state index contributed by atoms with van der Waals surface area (Å²) in [7, 11) is 0. The molecule has 0 heterocycles. The average Bonchev–Trinajstić information content (AvgIpc) is 1.98. The number of rotatable bonds is 5. The minimum atomic E-state index is -2.78. The Morgan fingerprint density at radius 3 is 1.60 bits per heavy atom. The molecular weight excluding hydrogens is 316 g/mol. The molecule has 1 unspecified atom stereocenters. The third kappa shape index (κ3) is 15.0. The second-order valence-electron chi connectivity index (χ2n) is 3.05. The van der Waals surface area contributed by atoms with E-state index in [1.807, 2.05) is 0 Å². The normalized spacial score (nSPS) is 10.9. The van der Waals surface area contributed by atoms with E-state index in [-0.39, 0.29) is 118 Å². The molecule has 0 saturated carbocycles. The number of carboxylic acid groups (broad SMARTS) is 2. The summed E-state index contributed by atoms with van der Waals surface area (Å²) in [5.74, 6) is -5.76. The number of carbonyl (C=O) groups is 4. The van der Waals surface area contributed by atoms with Gasteiger partial charge in [0.2, 0.25) is 0 Å². The number of esters is 2. The zero-order valence-corrected chi connectivity index (χ0v) is 8.30. The summed E-state index contributed by atoms with van der Waals surface area (Å²) in [6, 6.07) is 0. The van der Waals surface area contributed by atoms with Crippen LogP contribution in [0.4, 0.5) is 0 Å². The fourth-order valence-corrected chi connectivity index (χ4v) is 0.899. The number of ether oxygens (including phenoxy) is 1. The van der Waals surface area contributed by atoms with Crippen LogP contribution in [0.25, 0.3) is 0 Å².